The Bertz CT molecular complexity index is 1190. The highest BCUT2D eigenvalue weighted by Gasteiger charge is 2.37. The first-order chi connectivity index (χ1) is 13.7. The van der Waals surface area contributed by atoms with Crippen molar-refractivity contribution < 1.29 is 9.53 Å². The summed E-state index contributed by atoms with van der Waals surface area (Å²) in [5.41, 5.74) is 5.41. The molecule has 1 aliphatic rings. The van der Waals surface area contributed by atoms with Crippen molar-refractivity contribution in [2.24, 2.45) is 7.05 Å². The van der Waals surface area contributed by atoms with E-state index in [4.69, 9.17) is 9.72 Å². The van der Waals surface area contributed by atoms with Crippen LogP contribution in [0.2, 0.25) is 0 Å². The Kier molecular flexibility index (Phi) is 3.94. The van der Waals surface area contributed by atoms with Crippen LogP contribution in [0.1, 0.15) is 23.1 Å². The highest BCUT2D eigenvalue weighted by Crippen LogP contribution is 2.38. The molecule has 2 aromatic carbocycles. The number of imidazole rings is 1. The molecule has 142 valence electrons. The molecule has 6 nitrogen and oxygen atoms in total. The second kappa shape index (κ2) is 6.49. The van der Waals surface area contributed by atoms with Gasteiger partial charge in [-0.3, -0.25) is 4.79 Å². The Morgan fingerprint density at radius 3 is 2.82 bits per heavy atom. The van der Waals surface area contributed by atoms with Crippen LogP contribution in [0.4, 0.5) is 0 Å². The van der Waals surface area contributed by atoms with Crippen molar-refractivity contribution in [3.63, 3.8) is 0 Å². The van der Waals surface area contributed by atoms with Gasteiger partial charge in [0.25, 0.3) is 0 Å². The van der Waals surface area contributed by atoms with Gasteiger partial charge in [0.2, 0.25) is 5.91 Å². The predicted molar refractivity (Wildman–Crippen MR) is 108 cm³/mol. The number of aromatic nitrogens is 3. The van der Waals surface area contributed by atoms with Crippen LogP contribution in [-0.2, 0) is 23.0 Å². The molecule has 5 rings (SSSR count). The third-order valence-electron chi connectivity index (χ3n) is 5.69. The molecule has 0 spiro atoms. The predicted octanol–water partition coefficient (Wildman–Crippen LogP) is 3.18. The van der Waals surface area contributed by atoms with E-state index in [0.29, 0.717) is 6.54 Å². The molecule has 0 saturated carbocycles. The zero-order chi connectivity index (χ0) is 19.3. The van der Waals surface area contributed by atoms with Crippen molar-refractivity contribution in [2.75, 3.05) is 20.3 Å². The van der Waals surface area contributed by atoms with Crippen LogP contribution in [0, 0.1) is 0 Å². The van der Waals surface area contributed by atoms with Crippen molar-refractivity contribution in [3.8, 4) is 0 Å². The third kappa shape index (κ3) is 2.45. The third-order valence-corrected chi connectivity index (χ3v) is 5.69. The van der Waals surface area contributed by atoms with Gasteiger partial charge in [-0.25, -0.2) is 4.98 Å². The number of carbonyl (C=O) groups excluding carboxylic acids is 1. The van der Waals surface area contributed by atoms with Gasteiger partial charge in [0.1, 0.15) is 18.5 Å². The number of carbonyl (C=O) groups is 1. The van der Waals surface area contributed by atoms with Crippen molar-refractivity contribution in [1.29, 1.82) is 0 Å². The van der Waals surface area contributed by atoms with Gasteiger partial charge in [0.15, 0.2) is 0 Å². The number of benzene rings is 2. The quantitative estimate of drug-likeness (QED) is 0.599. The zero-order valence-corrected chi connectivity index (χ0v) is 16.0. The number of hydrogen-bond donors (Lipinski definition) is 1. The van der Waals surface area contributed by atoms with E-state index in [9.17, 15) is 4.79 Å². The van der Waals surface area contributed by atoms with E-state index < -0.39 is 0 Å². The second-order valence-corrected chi connectivity index (χ2v) is 7.25. The molecule has 1 atom stereocenters. The van der Waals surface area contributed by atoms with Crippen molar-refractivity contribution in [2.45, 2.75) is 12.5 Å². The number of rotatable bonds is 3. The van der Waals surface area contributed by atoms with Crippen LogP contribution in [0.25, 0.3) is 21.9 Å². The van der Waals surface area contributed by atoms with Gasteiger partial charge in [0, 0.05) is 31.6 Å². The molecule has 6 heteroatoms. The van der Waals surface area contributed by atoms with E-state index >= 15 is 0 Å². The number of hydrogen-bond acceptors (Lipinski definition) is 3. The van der Waals surface area contributed by atoms with Gasteiger partial charge in [-0.2, -0.15) is 0 Å². The Balaban J connectivity index is 1.74. The number of H-pyrrole nitrogens is 1. The Morgan fingerprint density at radius 1 is 1.21 bits per heavy atom. The van der Waals surface area contributed by atoms with Crippen LogP contribution in [0.5, 0.6) is 0 Å². The lowest BCUT2D eigenvalue weighted by atomic mass is 9.96. The summed E-state index contributed by atoms with van der Waals surface area (Å²) in [5.74, 6) is 0.835. The molecule has 2 aromatic heterocycles. The fraction of sp³-hybridized carbons (Fsp3) is 0.273. The molecular formula is C22H22N4O2. The maximum absolute atomic E-state index is 12.9. The average Bonchev–Trinajstić information content (AvgIpc) is 3.25. The van der Waals surface area contributed by atoms with E-state index in [1.165, 1.54) is 10.9 Å². The van der Waals surface area contributed by atoms with Gasteiger partial charge in [-0.1, -0.05) is 30.3 Å². The number of ether oxygens (including phenoxy) is 1. The highest BCUT2D eigenvalue weighted by atomic mass is 16.5. The van der Waals surface area contributed by atoms with Gasteiger partial charge < -0.3 is 19.2 Å². The van der Waals surface area contributed by atoms with E-state index in [-0.39, 0.29) is 18.6 Å². The Hall–Kier alpha value is -3.12. The topological polar surface area (TPSA) is 63.1 Å². The summed E-state index contributed by atoms with van der Waals surface area (Å²) in [6.07, 6.45) is 0.815. The average molecular weight is 374 g/mol. The summed E-state index contributed by atoms with van der Waals surface area (Å²) in [6, 6.07) is 16.1. The smallest absolute Gasteiger partial charge is 0.249 e. The van der Waals surface area contributed by atoms with Crippen LogP contribution in [0.15, 0.2) is 48.5 Å². The molecule has 0 saturated heterocycles. The van der Waals surface area contributed by atoms with Crippen LogP contribution < -0.4 is 0 Å². The minimum Gasteiger partial charge on any atom is -0.375 e. The Morgan fingerprint density at radius 2 is 2.00 bits per heavy atom. The number of aromatic amines is 1. The lowest BCUT2D eigenvalue weighted by molar-refractivity contribution is -0.137. The van der Waals surface area contributed by atoms with Crippen molar-refractivity contribution in [1.82, 2.24) is 19.4 Å². The fourth-order valence-electron chi connectivity index (χ4n) is 4.39. The van der Waals surface area contributed by atoms with Crippen LogP contribution >= 0.6 is 0 Å². The molecule has 0 unspecified atom stereocenters. The second-order valence-electron chi connectivity index (χ2n) is 7.25. The van der Waals surface area contributed by atoms with Crippen molar-refractivity contribution >= 4 is 27.8 Å². The molecule has 1 N–H and O–H groups in total. The number of nitrogens with one attached hydrogen (secondary N) is 1. The van der Waals surface area contributed by atoms with E-state index in [1.807, 2.05) is 36.2 Å². The number of methoxy groups -OCH3 is 1. The summed E-state index contributed by atoms with van der Waals surface area (Å²) < 4.78 is 7.24. The van der Waals surface area contributed by atoms with Crippen LogP contribution in [-0.4, -0.2) is 45.6 Å². The lowest BCUT2D eigenvalue weighted by Gasteiger charge is -2.35. The summed E-state index contributed by atoms with van der Waals surface area (Å²) in [4.78, 5) is 23.3. The minimum atomic E-state index is -0.267. The molecule has 0 bridgehead atoms. The molecule has 0 radical (unpaired) electrons. The lowest BCUT2D eigenvalue weighted by Crippen LogP contribution is -2.43. The SMILES string of the molecule is COCC(=O)N1CCc2c([nH]c3ccccc23)[C@@H]1c1nc2ccccc2n1C. The van der Waals surface area contributed by atoms with Gasteiger partial charge in [-0.15, -0.1) is 0 Å². The maximum Gasteiger partial charge on any atom is 0.249 e. The molecule has 0 fully saturated rings. The number of para-hydroxylation sites is 3. The fourth-order valence-corrected chi connectivity index (χ4v) is 4.39. The number of nitrogens with zero attached hydrogens (tertiary/aromatic N) is 3. The number of fused-ring (bicyclic) bond motifs is 4. The van der Waals surface area contributed by atoms with E-state index in [2.05, 4.69) is 33.8 Å². The van der Waals surface area contributed by atoms with Gasteiger partial charge in [0.05, 0.1) is 16.7 Å². The molecular weight excluding hydrogens is 352 g/mol. The molecule has 4 aromatic rings. The van der Waals surface area contributed by atoms with Gasteiger partial charge >= 0.3 is 0 Å². The largest absolute Gasteiger partial charge is 0.375 e. The summed E-state index contributed by atoms with van der Waals surface area (Å²) >= 11 is 0. The maximum atomic E-state index is 12.9. The molecule has 0 aliphatic carbocycles. The summed E-state index contributed by atoms with van der Waals surface area (Å²) in [5, 5.41) is 1.22. The Labute approximate surface area is 162 Å². The van der Waals surface area contributed by atoms with E-state index in [0.717, 1.165) is 34.5 Å². The number of aryl methyl sites for hydroxylation is 1. The number of amides is 1. The molecule has 3 heterocycles. The summed E-state index contributed by atoms with van der Waals surface area (Å²) in [6.45, 7) is 0.709. The summed E-state index contributed by atoms with van der Waals surface area (Å²) in [7, 11) is 3.57. The van der Waals surface area contributed by atoms with E-state index in [1.54, 1.807) is 7.11 Å². The molecule has 1 aliphatic heterocycles. The highest BCUT2D eigenvalue weighted by molar-refractivity contribution is 5.87. The molecule has 1 amide bonds. The van der Waals surface area contributed by atoms with Gasteiger partial charge in [-0.05, 0) is 30.2 Å². The normalized spacial score (nSPS) is 16.6. The minimum absolute atomic E-state index is 0.0242. The first-order valence-corrected chi connectivity index (χ1v) is 9.48. The molecule has 28 heavy (non-hydrogen) atoms. The first kappa shape index (κ1) is 17.0. The monoisotopic (exact) mass is 374 g/mol. The van der Waals surface area contributed by atoms with Crippen LogP contribution in [0.3, 0.4) is 0 Å². The van der Waals surface area contributed by atoms with Crippen molar-refractivity contribution in [3.05, 3.63) is 65.6 Å². The standard InChI is InChI=1S/C22H22N4O2/c1-25-18-10-6-5-9-17(18)24-22(25)21-20-15(11-12-26(21)19(27)13-28-2)14-7-3-4-8-16(14)23-20/h3-10,21,23H,11-13H2,1-2H3/t21-/m1/s1. The first-order valence-electron chi connectivity index (χ1n) is 9.48. The zero-order valence-electron chi connectivity index (χ0n) is 16.0.